The predicted octanol–water partition coefficient (Wildman–Crippen LogP) is 2.35. The zero-order chi connectivity index (χ0) is 14.6. The number of ketones is 1. The topological polar surface area (TPSA) is 63.6 Å². The molecule has 19 heavy (non-hydrogen) atoms. The van der Waals surface area contributed by atoms with Gasteiger partial charge < -0.3 is 9.84 Å². The summed E-state index contributed by atoms with van der Waals surface area (Å²) in [4.78, 5) is 21.9. The summed E-state index contributed by atoms with van der Waals surface area (Å²) in [6.45, 7) is 0. The number of rotatable bonds is 3. The Kier molecular flexibility index (Phi) is 4.31. The minimum absolute atomic E-state index is 0.0229. The molecule has 1 aromatic rings. The largest absolute Gasteiger partial charge is 0.507 e. The van der Waals surface area contributed by atoms with Gasteiger partial charge in [-0.25, -0.2) is 4.79 Å². The molecule has 4 nitrogen and oxygen atoms in total. The van der Waals surface area contributed by atoms with Gasteiger partial charge in [0.2, 0.25) is 0 Å². The summed E-state index contributed by atoms with van der Waals surface area (Å²) in [5.74, 6) is -2.91. The van der Waals surface area contributed by atoms with Gasteiger partial charge in [-0.05, 0) is 12.1 Å². The van der Waals surface area contributed by atoms with Gasteiger partial charge in [-0.15, -0.1) is 0 Å². The molecule has 0 saturated carbocycles. The van der Waals surface area contributed by atoms with Gasteiger partial charge in [-0.2, -0.15) is 13.2 Å². The third-order valence-corrected chi connectivity index (χ3v) is 2.16. The molecule has 1 aromatic carbocycles. The molecular formula is C12H9F3O4. The summed E-state index contributed by atoms with van der Waals surface area (Å²) in [7, 11) is 0.989. The van der Waals surface area contributed by atoms with Gasteiger partial charge in [0.1, 0.15) is 5.76 Å². The number of methoxy groups -OCH3 is 1. The number of aliphatic hydroxyl groups is 1. The molecule has 0 aromatic heterocycles. The standard InChI is InChI=1S/C12H9F3O4/c1-19-11(18)10(17)6-9(16)7-2-4-8(5-3-7)12(13,14)15/h2-6,16H,1H3/b9-6+. The Hall–Kier alpha value is -2.31. The van der Waals surface area contributed by atoms with E-state index in [-0.39, 0.29) is 5.56 Å². The second-order valence-corrected chi connectivity index (χ2v) is 3.46. The van der Waals surface area contributed by atoms with E-state index in [0.29, 0.717) is 6.08 Å². The molecule has 0 aliphatic heterocycles. The highest BCUT2D eigenvalue weighted by molar-refractivity contribution is 6.39. The van der Waals surface area contributed by atoms with Crippen LogP contribution in [0.3, 0.4) is 0 Å². The van der Waals surface area contributed by atoms with Crippen molar-refractivity contribution in [3.8, 4) is 0 Å². The van der Waals surface area contributed by atoms with E-state index in [1.165, 1.54) is 0 Å². The predicted molar refractivity (Wildman–Crippen MR) is 59.1 cm³/mol. The lowest BCUT2D eigenvalue weighted by molar-refractivity contribution is -0.149. The number of carbonyl (C=O) groups is 2. The molecule has 0 spiro atoms. The van der Waals surface area contributed by atoms with Crippen LogP contribution in [0.25, 0.3) is 5.76 Å². The van der Waals surface area contributed by atoms with Gasteiger partial charge >= 0.3 is 12.1 Å². The Bertz CT molecular complexity index is 515. The molecule has 0 bridgehead atoms. The van der Waals surface area contributed by atoms with E-state index in [0.717, 1.165) is 31.4 Å². The third kappa shape index (κ3) is 3.84. The first kappa shape index (κ1) is 14.7. The van der Waals surface area contributed by atoms with Crippen LogP contribution in [0.1, 0.15) is 11.1 Å². The molecule has 0 aliphatic carbocycles. The lowest BCUT2D eigenvalue weighted by Crippen LogP contribution is -2.13. The number of ether oxygens (including phenoxy) is 1. The molecule has 0 amide bonds. The first-order valence-electron chi connectivity index (χ1n) is 4.96. The highest BCUT2D eigenvalue weighted by atomic mass is 19.4. The van der Waals surface area contributed by atoms with Crippen molar-refractivity contribution in [2.45, 2.75) is 6.18 Å². The molecule has 0 fully saturated rings. The molecule has 0 radical (unpaired) electrons. The van der Waals surface area contributed by atoms with Gasteiger partial charge in [0.15, 0.2) is 0 Å². The van der Waals surface area contributed by atoms with Crippen LogP contribution in [0.4, 0.5) is 13.2 Å². The summed E-state index contributed by atoms with van der Waals surface area (Å²) in [5, 5.41) is 9.48. The van der Waals surface area contributed by atoms with Gasteiger partial charge in [0.05, 0.1) is 12.7 Å². The van der Waals surface area contributed by atoms with Crippen molar-refractivity contribution in [3.63, 3.8) is 0 Å². The summed E-state index contributed by atoms with van der Waals surface area (Å²) in [6.07, 6.45) is -3.91. The SMILES string of the molecule is COC(=O)C(=O)/C=C(/O)c1ccc(C(F)(F)F)cc1. The van der Waals surface area contributed by atoms with Crippen LogP contribution in [-0.2, 0) is 20.5 Å². The van der Waals surface area contributed by atoms with E-state index in [1.54, 1.807) is 0 Å². The van der Waals surface area contributed by atoms with Crippen LogP contribution in [-0.4, -0.2) is 24.0 Å². The average molecular weight is 274 g/mol. The number of benzene rings is 1. The van der Waals surface area contributed by atoms with Crippen molar-refractivity contribution in [2.24, 2.45) is 0 Å². The van der Waals surface area contributed by atoms with Crippen LogP contribution in [0, 0.1) is 0 Å². The Morgan fingerprint density at radius 3 is 2.16 bits per heavy atom. The summed E-state index contributed by atoms with van der Waals surface area (Å²) < 4.78 is 41.0. The maximum Gasteiger partial charge on any atom is 0.416 e. The normalized spacial score (nSPS) is 12.1. The highest BCUT2D eigenvalue weighted by Gasteiger charge is 2.30. The first-order valence-corrected chi connectivity index (χ1v) is 4.96. The number of halogens is 3. The quantitative estimate of drug-likeness (QED) is 0.398. The Balaban J connectivity index is 2.96. The van der Waals surface area contributed by atoms with Gasteiger partial charge in [0, 0.05) is 11.6 Å². The fraction of sp³-hybridized carbons (Fsp3) is 0.167. The number of alkyl halides is 3. The monoisotopic (exact) mass is 274 g/mol. The van der Waals surface area contributed by atoms with Crippen LogP contribution >= 0.6 is 0 Å². The molecule has 0 unspecified atom stereocenters. The maximum absolute atomic E-state index is 12.3. The van der Waals surface area contributed by atoms with Crippen molar-refractivity contribution < 1.29 is 32.6 Å². The summed E-state index contributed by atoms with van der Waals surface area (Å²) >= 11 is 0. The Labute approximate surface area is 106 Å². The van der Waals surface area contributed by atoms with E-state index >= 15 is 0 Å². The Morgan fingerprint density at radius 1 is 1.21 bits per heavy atom. The fourth-order valence-electron chi connectivity index (χ4n) is 1.20. The second kappa shape index (κ2) is 5.55. The zero-order valence-corrected chi connectivity index (χ0v) is 9.69. The molecule has 7 heteroatoms. The lowest BCUT2D eigenvalue weighted by atomic mass is 10.1. The lowest BCUT2D eigenvalue weighted by Gasteiger charge is -2.07. The van der Waals surface area contributed by atoms with Gasteiger partial charge in [-0.1, -0.05) is 12.1 Å². The van der Waals surface area contributed by atoms with Gasteiger partial charge in [0.25, 0.3) is 5.78 Å². The van der Waals surface area contributed by atoms with Crippen LogP contribution in [0.15, 0.2) is 30.3 Å². The number of hydrogen-bond donors (Lipinski definition) is 1. The molecule has 102 valence electrons. The molecule has 0 saturated heterocycles. The second-order valence-electron chi connectivity index (χ2n) is 3.46. The molecule has 0 atom stereocenters. The van der Waals surface area contributed by atoms with Crippen LogP contribution in [0.5, 0.6) is 0 Å². The minimum atomic E-state index is -4.49. The van der Waals surface area contributed by atoms with E-state index in [1.807, 2.05) is 0 Å². The molecule has 1 rings (SSSR count). The van der Waals surface area contributed by atoms with Crippen molar-refractivity contribution in [1.29, 1.82) is 0 Å². The molecular weight excluding hydrogens is 265 g/mol. The fourth-order valence-corrected chi connectivity index (χ4v) is 1.20. The van der Waals surface area contributed by atoms with Crippen LogP contribution in [0.2, 0.25) is 0 Å². The van der Waals surface area contributed by atoms with E-state index in [9.17, 15) is 27.9 Å². The number of carbonyl (C=O) groups excluding carboxylic acids is 2. The van der Waals surface area contributed by atoms with E-state index in [2.05, 4.69) is 4.74 Å². The van der Waals surface area contributed by atoms with Crippen molar-refractivity contribution in [1.82, 2.24) is 0 Å². The van der Waals surface area contributed by atoms with E-state index in [4.69, 9.17) is 0 Å². The molecule has 0 aliphatic rings. The van der Waals surface area contributed by atoms with Gasteiger partial charge in [-0.3, -0.25) is 4.79 Å². The van der Waals surface area contributed by atoms with E-state index < -0.39 is 29.3 Å². The molecule has 1 N–H and O–H groups in total. The van der Waals surface area contributed by atoms with Crippen molar-refractivity contribution in [3.05, 3.63) is 41.5 Å². The van der Waals surface area contributed by atoms with Crippen molar-refractivity contribution in [2.75, 3.05) is 7.11 Å². The maximum atomic E-state index is 12.3. The number of hydrogen-bond acceptors (Lipinski definition) is 4. The smallest absolute Gasteiger partial charge is 0.416 e. The summed E-state index contributed by atoms with van der Waals surface area (Å²) in [5.41, 5.74) is -0.909. The first-order chi connectivity index (χ1) is 8.75. The third-order valence-electron chi connectivity index (χ3n) is 2.16. The number of aliphatic hydroxyl groups excluding tert-OH is 1. The minimum Gasteiger partial charge on any atom is -0.507 e. The molecule has 0 heterocycles. The average Bonchev–Trinajstić information content (AvgIpc) is 2.36. The zero-order valence-electron chi connectivity index (χ0n) is 9.69. The highest BCUT2D eigenvalue weighted by Crippen LogP contribution is 2.29. The number of esters is 1. The summed E-state index contributed by atoms with van der Waals surface area (Å²) in [6, 6.07) is 3.47. The van der Waals surface area contributed by atoms with Crippen LogP contribution < -0.4 is 0 Å². The van der Waals surface area contributed by atoms with Crippen molar-refractivity contribution >= 4 is 17.5 Å². The Morgan fingerprint density at radius 2 is 1.74 bits per heavy atom.